The van der Waals surface area contributed by atoms with Crippen LogP contribution in [0.15, 0.2) is 0 Å². The standard InChI is InChI=1S/C12H18ClNO/c1-7-5-14(6-11(7)13)12(15)10-3-8-2-9(8)4-10/h7-11H,2-6H2,1H3. The summed E-state index contributed by atoms with van der Waals surface area (Å²) in [5.41, 5.74) is 0. The Hall–Kier alpha value is -0.240. The van der Waals surface area contributed by atoms with Crippen LogP contribution in [-0.2, 0) is 4.79 Å². The first-order valence-electron chi connectivity index (χ1n) is 6.08. The summed E-state index contributed by atoms with van der Waals surface area (Å²) in [4.78, 5) is 14.2. The minimum Gasteiger partial charge on any atom is -0.341 e. The van der Waals surface area contributed by atoms with Crippen LogP contribution in [0.1, 0.15) is 26.2 Å². The molecule has 3 rings (SSSR count). The van der Waals surface area contributed by atoms with Gasteiger partial charge < -0.3 is 4.90 Å². The maximum absolute atomic E-state index is 12.2. The van der Waals surface area contributed by atoms with Gasteiger partial charge in [0.15, 0.2) is 0 Å². The molecule has 0 radical (unpaired) electrons. The minimum absolute atomic E-state index is 0.171. The van der Waals surface area contributed by atoms with Gasteiger partial charge in [-0.05, 0) is 37.0 Å². The second-order valence-corrected chi connectivity index (χ2v) is 6.22. The maximum atomic E-state index is 12.2. The summed E-state index contributed by atoms with van der Waals surface area (Å²) >= 11 is 6.15. The number of nitrogens with zero attached hydrogens (tertiary/aromatic N) is 1. The minimum atomic E-state index is 0.171. The number of carbonyl (C=O) groups excluding carboxylic acids is 1. The molecule has 2 nitrogen and oxygen atoms in total. The summed E-state index contributed by atoms with van der Waals surface area (Å²) < 4.78 is 0. The Bertz CT molecular complexity index is 273. The van der Waals surface area contributed by atoms with Crippen LogP contribution < -0.4 is 0 Å². The van der Waals surface area contributed by atoms with Crippen molar-refractivity contribution in [3.63, 3.8) is 0 Å². The third kappa shape index (κ3) is 1.67. The summed E-state index contributed by atoms with van der Waals surface area (Å²) in [5, 5.41) is 0.171. The highest BCUT2D eigenvalue weighted by molar-refractivity contribution is 6.21. The topological polar surface area (TPSA) is 20.3 Å². The van der Waals surface area contributed by atoms with E-state index >= 15 is 0 Å². The van der Waals surface area contributed by atoms with Gasteiger partial charge in [0.2, 0.25) is 5.91 Å². The van der Waals surface area contributed by atoms with Crippen molar-refractivity contribution in [3.05, 3.63) is 0 Å². The molecule has 4 unspecified atom stereocenters. The molecule has 3 aliphatic rings. The Morgan fingerprint density at radius 1 is 1.20 bits per heavy atom. The van der Waals surface area contributed by atoms with E-state index in [4.69, 9.17) is 11.6 Å². The Kier molecular flexibility index (Phi) is 2.24. The molecule has 0 aromatic rings. The number of hydrogen-bond donors (Lipinski definition) is 0. The van der Waals surface area contributed by atoms with Gasteiger partial charge >= 0.3 is 0 Å². The van der Waals surface area contributed by atoms with Crippen LogP contribution in [0.25, 0.3) is 0 Å². The van der Waals surface area contributed by atoms with Gasteiger partial charge in [-0.15, -0.1) is 11.6 Å². The Labute approximate surface area is 96.0 Å². The van der Waals surface area contributed by atoms with Crippen molar-refractivity contribution in [1.82, 2.24) is 4.90 Å². The molecule has 84 valence electrons. The number of hydrogen-bond acceptors (Lipinski definition) is 1. The van der Waals surface area contributed by atoms with Crippen LogP contribution in [-0.4, -0.2) is 29.3 Å². The predicted molar refractivity (Wildman–Crippen MR) is 59.7 cm³/mol. The van der Waals surface area contributed by atoms with Crippen molar-refractivity contribution in [1.29, 1.82) is 0 Å². The van der Waals surface area contributed by atoms with Crippen molar-refractivity contribution in [2.45, 2.75) is 31.6 Å². The highest BCUT2D eigenvalue weighted by atomic mass is 35.5. The lowest BCUT2D eigenvalue weighted by molar-refractivity contribution is -0.134. The third-order valence-electron chi connectivity index (χ3n) is 4.43. The molecule has 0 bridgehead atoms. The van der Waals surface area contributed by atoms with Crippen LogP contribution in [0.5, 0.6) is 0 Å². The molecule has 0 aromatic heterocycles. The van der Waals surface area contributed by atoms with Gasteiger partial charge in [-0.25, -0.2) is 0 Å². The summed E-state index contributed by atoms with van der Waals surface area (Å²) in [5.74, 6) is 2.98. The van der Waals surface area contributed by atoms with Crippen LogP contribution >= 0.6 is 11.6 Å². The first-order chi connectivity index (χ1) is 7.15. The summed E-state index contributed by atoms with van der Waals surface area (Å²) in [6.07, 6.45) is 3.70. The van der Waals surface area contributed by atoms with E-state index in [1.807, 2.05) is 4.90 Å². The van der Waals surface area contributed by atoms with Gasteiger partial charge in [0.05, 0.1) is 5.38 Å². The average molecular weight is 228 g/mol. The smallest absolute Gasteiger partial charge is 0.225 e. The fourth-order valence-electron chi connectivity index (χ4n) is 3.28. The molecule has 2 saturated carbocycles. The zero-order valence-electron chi connectivity index (χ0n) is 9.16. The largest absolute Gasteiger partial charge is 0.341 e. The van der Waals surface area contributed by atoms with E-state index < -0.39 is 0 Å². The molecule has 15 heavy (non-hydrogen) atoms. The summed E-state index contributed by atoms with van der Waals surface area (Å²) in [7, 11) is 0. The van der Waals surface area contributed by atoms with E-state index in [9.17, 15) is 4.79 Å². The number of alkyl halides is 1. The second-order valence-electron chi connectivity index (χ2n) is 5.66. The molecular formula is C12H18ClNO. The van der Waals surface area contributed by atoms with Crippen molar-refractivity contribution in [2.24, 2.45) is 23.7 Å². The summed E-state index contributed by atoms with van der Waals surface area (Å²) in [6, 6.07) is 0. The number of fused-ring (bicyclic) bond motifs is 1. The van der Waals surface area contributed by atoms with Gasteiger partial charge in [-0.3, -0.25) is 4.79 Å². The molecule has 3 heteroatoms. The predicted octanol–water partition coefficient (Wildman–Crippen LogP) is 2.12. The number of rotatable bonds is 1. The van der Waals surface area contributed by atoms with E-state index in [1.165, 1.54) is 6.42 Å². The maximum Gasteiger partial charge on any atom is 0.225 e. The normalized spacial score (nSPS) is 48.1. The van der Waals surface area contributed by atoms with Crippen LogP contribution in [0.4, 0.5) is 0 Å². The molecule has 4 atom stereocenters. The Balaban J connectivity index is 1.60. The summed E-state index contributed by atoms with van der Waals surface area (Å²) in [6.45, 7) is 3.78. The molecule has 1 aliphatic heterocycles. The second kappa shape index (κ2) is 3.38. The molecule has 2 aliphatic carbocycles. The zero-order chi connectivity index (χ0) is 10.6. The first-order valence-corrected chi connectivity index (χ1v) is 6.51. The van der Waals surface area contributed by atoms with E-state index in [0.29, 0.717) is 17.7 Å². The lowest BCUT2D eigenvalue weighted by Crippen LogP contribution is -2.34. The van der Waals surface area contributed by atoms with Gasteiger partial charge in [0.25, 0.3) is 0 Å². The number of halogens is 1. The van der Waals surface area contributed by atoms with Crippen LogP contribution in [0, 0.1) is 23.7 Å². The molecule has 1 amide bonds. The van der Waals surface area contributed by atoms with Crippen molar-refractivity contribution >= 4 is 17.5 Å². The highest BCUT2D eigenvalue weighted by Crippen LogP contribution is 2.54. The molecule has 0 N–H and O–H groups in total. The van der Waals surface area contributed by atoms with Crippen LogP contribution in [0.3, 0.4) is 0 Å². The lowest BCUT2D eigenvalue weighted by atomic mass is 10.0. The van der Waals surface area contributed by atoms with Gasteiger partial charge in [0.1, 0.15) is 0 Å². The molecule has 0 spiro atoms. The number of amides is 1. The van der Waals surface area contributed by atoms with Crippen molar-refractivity contribution in [2.75, 3.05) is 13.1 Å². The number of likely N-dealkylation sites (tertiary alicyclic amines) is 1. The highest BCUT2D eigenvalue weighted by Gasteiger charge is 2.49. The monoisotopic (exact) mass is 227 g/mol. The molecule has 1 saturated heterocycles. The fourth-order valence-corrected chi connectivity index (χ4v) is 3.53. The van der Waals surface area contributed by atoms with E-state index in [-0.39, 0.29) is 5.38 Å². The SMILES string of the molecule is CC1CN(C(=O)C2CC3CC3C2)CC1Cl. The average Bonchev–Trinajstić information content (AvgIpc) is 2.66. The van der Waals surface area contributed by atoms with Gasteiger partial charge in [0, 0.05) is 19.0 Å². The molecule has 1 heterocycles. The van der Waals surface area contributed by atoms with Crippen molar-refractivity contribution < 1.29 is 4.79 Å². The Morgan fingerprint density at radius 3 is 2.40 bits per heavy atom. The van der Waals surface area contributed by atoms with E-state index in [0.717, 1.165) is 37.8 Å². The quantitative estimate of drug-likeness (QED) is 0.629. The molecule has 3 fully saturated rings. The first kappa shape index (κ1) is 9.95. The molecule has 0 aromatic carbocycles. The molecular weight excluding hydrogens is 210 g/mol. The van der Waals surface area contributed by atoms with Gasteiger partial charge in [-0.1, -0.05) is 6.92 Å². The third-order valence-corrected chi connectivity index (χ3v) is 4.99. The van der Waals surface area contributed by atoms with Crippen molar-refractivity contribution in [3.8, 4) is 0 Å². The Morgan fingerprint density at radius 2 is 1.87 bits per heavy atom. The lowest BCUT2D eigenvalue weighted by Gasteiger charge is -2.21. The van der Waals surface area contributed by atoms with E-state index in [1.54, 1.807) is 0 Å². The number of carbonyl (C=O) groups is 1. The van der Waals surface area contributed by atoms with Crippen LogP contribution in [0.2, 0.25) is 0 Å². The zero-order valence-corrected chi connectivity index (χ0v) is 9.91. The van der Waals surface area contributed by atoms with E-state index in [2.05, 4.69) is 6.92 Å². The fraction of sp³-hybridized carbons (Fsp3) is 0.917. The van der Waals surface area contributed by atoms with Gasteiger partial charge in [-0.2, -0.15) is 0 Å².